The Bertz CT molecular complexity index is 188. The van der Waals surface area contributed by atoms with Gasteiger partial charge >= 0.3 is 0 Å². The SMILES string of the molecule is CCCCN(C)C(=NCCC(C)C)NCC. The van der Waals surface area contributed by atoms with Gasteiger partial charge in [-0.05, 0) is 25.7 Å². The van der Waals surface area contributed by atoms with Gasteiger partial charge in [-0.1, -0.05) is 27.2 Å². The summed E-state index contributed by atoms with van der Waals surface area (Å²) < 4.78 is 0. The van der Waals surface area contributed by atoms with Crippen molar-refractivity contribution in [2.75, 3.05) is 26.7 Å². The molecular formula is C13H29N3. The highest BCUT2D eigenvalue weighted by molar-refractivity contribution is 5.79. The van der Waals surface area contributed by atoms with E-state index in [1.54, 1.807) is 0 Å². The molecule has 0 aromatic carbocycles. The number of hydrogen-bond donors (Lipinski definition) is 1. The number of guanidine groups is 1. The van der Waals surface area contributed by atoms with Crippen molar-refractivity contribution in [1.29, 1.82) is 0 Å². The lowest BCUT2D eigenvalue weighted by Gasteiger charge is -2.21. The second-order valence-corrected chi connectivity index (χ2v) is 4.69. The first-order valence-corrected chi connectivity index (χ1v) is 6.61. The van der Waals surface area contributed by atoms with Crippen LogP contribution in [0.15, 0.2) is 4.99 Å². The molecule has 3 heteroatoms. The number of nitrogens with one attached hydrogen (secondary N) is 1. The van der Waals surface area contributed by atoms with Gasteiger partial charge in [-0.2, -0.15) is 0 Å². The molecule has 0 aliphatic rings. The van der Waals surface area contributed by atoms with E-state index in [0.717, 1.165) is 37.9 Å². The second kappa shape index (κ2) is 9.49. The fraction of sp³-hybridized carbons (Fsp3) is 0.923. The molecule has 0 aromatic rings. The van der Waals surface area contributed by atoms with Gasteiger partial charge in [-0.3, -0.25) is 4.99 Å². The van der Waals surface area contributed by atoms with Crippen LogP contribution in [0.25, 0.3) is 0 Å². The Balaban J connectivity index is 4.11. The van der Waals surface area contributed by atoms with E-state index in [0.29, 0.717) is 0 Å². The Kier molecular flexibility index (Phi) is 9.06. The minimum Gasteiger partial charge on any atom is -0.357 e. The Labute approximate surface area is 101 Å². The zero-order valence-corrected chi connectivity index (χ0v) is 11.7. The molecule has 0 aliphatic heterocycles. The van der Waals surface area contributed by atoms with Crippen molar-refractivity contribution in [3.8, 4) is 0 Å². The maximum atomic E-state index is 4.64. The second-order valence-electron chi connectivity index (χ2n) is 4.69. The highest BCUT2D eigenvalue weighted by Gasteiger charge is 2.04. The summed E-state index contributed by atoms with van der Waals surface area (Å²) in [6.45, 7) is 11.8. The standard InChI is InChI=1S/C13H29N3/c1-6-8-11-16(5)13(14-7-2)15-10-9-12(3)4/h12H,6-11H2,1-5H3,(H,14,15). The van der Waals surface area contributed by atoms with E-state index in [9.17, 15) is 0 Å². The third-order valence-electron chi connectivity index (χ3n) is 2.51. The van der Waals surface area contributed by atoms with Crippen LogP contribution in [0.1, 0.15) is 47.0 Å². The van der Waals surface area contributed by atoms with E-state index in [4.69, 9.17) is 0 Å². The zero-order chi connectivity index (χ0) is 12.4. The number of unbranched alkanes of at least 4 members (excludes halogenated alkanes) is 1. The monoisotopic (exact) mass is 227 g/mol. The quantitative estimate of drug-likeness (QED) is 0.535. The van der Waals surface area contributed by atoms with Crippen molar-refractivity contribution >= 4 is 5.96 Å². The van der Waals surface area contributed by atoms with E-state index in [1.165, 1.54) is 12.8 Å². The Morgan fingerprint density at radius 3 is 2.50 bits per heavy atom. The van der Waals surface area contributed by atoms with E-state index in [1.807, 2.05) is 0 Å². The summed E-state index contributed by atoms with van der Waals surface area (Å²) in [6, 6.07) is 0. The summed E-state index contributed by atoms with van der Waals surface area (Å²) in [5.41, 5.74) is 0. The van der Waals surface area contributed by atoms with Crippen LogP contribution in [0.2, 0.25) is 0 Å². The van der Waals surface area contributed by atoms with Gasteiger partial charge in [0.05, 0.1) is 0 Å². The van der Waals surface area contributed by atoms with Gasteiger partial charge in [0.15, 0.2) is 5.96 Å². The van der Waals surface area contributed by atoms with Crippen LogP contribution in [0, 0.1) is 5.92 Å². The summed E-state index contributed by atoms with van der Waals surface area (Å²) >= 11 is 0. The van der Waals surface area contributed by atoms with Gasteiger partial charge in [-0.25, -0.2) is 0 Å². The van der Waals surface area contributed by atoms with Crippen LogP contribution in [0.5, 0.6) is 0 Å². The van der Waals surface area contributed by atoms with Crippen molar-refractivity contribution in [3.63, 3.8) is 0 Å². The van der Waals surface area contributed by atoms with Crippen LogP contribution in [0.4, 0.5) is 0 Å². The highest BCUT2D eigenvalue weighted by Crippen LogP contribution is 2.00. The minimum atomic E-state index is 0.729. The average molecular weight is 227 g/mol. The average Bonchev–Trinajstić information content (AvgIpc) is 2.24. The molecule has 0 aromatic heterocycles. The molecule has 3 nitrogen and oxygen atoms in total. The molecule has 16 heavy (non-hydrogen) atoms. The Morgan fingerprint density at radius 2 is 2.00 bits per heavy atom. The topological polar surface area (TPSA) is 27.6 Å². The van der Waals surface area contributed by atoms with E-state index < -0.39 is 0 Å². The predicted octanol–water partition coefficient (Wildman–Crippen LogP) is 2.73. The summed E-state index contributed by atoms with van der Waals surface area (Å²) in [5.74, 6) is 1.78. The van der Waals surface area contributed by atoms with Gasteiger partial charge in [0, 0.05) is 26.7 Å². The number of rotatable bonds is 7. The number of nitrogens with zero attached hydrogens (tertiary/aromatic N) is 2. The molecule has 0 heterocycles. The lowest BCUT2D eigenvalue weighted by molar-refractivity contribution is 0.463. The molecule has 0 aliphatic carbocycles. The molecule has 0 radical (unpaired) electrons. The van der Waals surface area contributed by atoms with Crippen molar-refractivity contribution in [2.45, 2.75) is 47.0 Å². The van der Waals surface area contributed by atoms with Gasteiger partial charge < -0.3 is 10.2 Å². The fourth-order valence-electron chi connectivity index (χ4n) is 1.40. The smallest absolute Gasteiger partial charge is 0.193 e. The van der Waals surface area contributed by atoms with Crippen molar-refractivity contribution in [3.05, 3.63) is 0 Å². The summed E-state index contributed by atoms with van der Waals surface area (Å²) in [4.78, 5) is 6.87. The molecule has 0 fully saturated rings. The summed E-state index contributed by atoms with van der Waals surface area (Å²) in [6.07, 6.45) is 3.62. The first kappa shape index (κ1) is 15.3. The van der Waals surface area contributed by atoms with Crippen LogP contribution < -0.4 is 5.32 Å². The minimum absolute atomic E-state index is 0.729. The van der Waals surface area contributed by atoms with Crippen LogP contribution in [-0.2, 0) is 0 Å². The van der Waals surface area contributed by atoms with E-state index >= 15 is 0 Å². The van der Waals surface area contributed by atoms with Crippen LogP contribution >= 0.6 is 0 Å². The van der Waals surface area contributed by atoms with Gasteiger partial charge in [0.25, 0.3) is 0 Å². The van der Waals surface area contributed by atoms with Gasteiger partial charge in [0.2, 0.25) is 0 Å². The molecule has 0 bridgehead atoms. The van der Waals surface area contributed by atoms with Gasteiger partial charge in [0.1, 0.15) is 0 Å². The molecule has 0 spiro atoms. The maximum Gasteiger partial charge on any atom is 0.193 e. The number of aliphatic imine (C=N–C) groups is 1. The Morgan fingerprint density at radius 1 is 1.31 bits per heavy atom. The van der Waals surface area contributed by atoms with Crippen molar-refractivity contribution < 1.29 is 0 Å². The lowest BCUT2D eigenvalue weighted by atomic mass is 10.1. The molecule has 0 saturated heterocycles. The van der Waals surface area contributed by atoms with Crippen LogP contribution in [-0.4, -0.2) is 37.5 Å². The first-order valence-electron chi connectivity index (χ1n) is 6.61. The summed E-state index contributed by atoms with van der Waals surface area (Å²) in [5, 5.41) is 3.34. The molecule has 96 valence electrons. The molecule has 0 rings (SSSR count). The first-order chi connectivity index (χ1) is 7.61. The van der Waals surface area contributed by atoms with E-state index in [-0.39, 0.29) is 0 Å². The molecule has 0 amide bonds. The predicted molar refractivity (Wildman–Crippen MR) is 73.0 cm³/mol. The molecular weight excluding hydrogens is 198 g/mol. The molecule has 1 N–H and O–H groups in total. The van der Waals surface area contributed by atoms with Crippen LogP contribution in [0.3, 0.4) is 0 Å². The van der Waals surface area contributed by atoms with Crippen molar-refractivity contribution in [1.82, 2.24) is 10.2 Å². The van der Waals surface area contributed by atoms with Crippen molar-refractivity contribution in [2.24, 2.45) is 10.9 Å². The largest absolute Gasteiger partial charge is 0.357 e. The number of hydrogen-bond acceptors (Lipinski definition) is 1. The highest BCUT2D eigenvalue weighted by atomic mass is 15.3. The lowest BCUT2D eigenvalue weighted by Crippen LogP contribution is -2.39. The summed E-state index contributed by atoms with van der Waals surface area (Å²) in [7, 11) is 2.12. The third-order valence-corrected chi connectivity index (χ3v) is 2.51. The van der Waals surface area contributed by atoms with Gasteiger partial charge in [-0.15, -0.1) is 0 Å². The van der Waals surface area contributed by atoms with E-state index in [2.05, 4.69) is 50.0 Å². The molecule has 0 saturated carbocycles. The normalized spacial score (nSPS) is 12.0. The maximum absolute atomic E-state index is 4.64. The zero-order valence-electron chi connectivity index (χ0n) is 11.7. The third kappa shape index (κ3) is 7.55. The Hall–Kier alpha value is -0.730. The molecule has 0 atom stereocenters. The fourth-order valence-corrected chi connectivity index (χ4v) is 1.40. The molecule has 0 unspecified atom stereocenters.